The first-order valence-corrected chi connectivity index (χ1v) is 7.73. The zero-order chi connectivity index (χ0) is 16.0. The molecule has 22 heavy (non-hydrogen) atoms. The van der Waals surface area contributed by atoms with Gasteiger partial charge in [-0.15, -0.1) is 0 Å². The Bertz CT molecular complexity index is 398. The molecule has 0 bridgehead atoms. The highest BCUT2D eigenvalue weighted by molar-refractivity contribution is 5.19. The maximum Gasteiger partial charge on any atom is 0.180 e. The molecule has 6 nitrogen and oxygen atoms in total. The first-order chi connectivity index (χ1) is 10.5. The molecular formula is C16H26O6. The van der Waals surface area contributed by atoms with Crippen molar-refractivity contribution < 1.29 is 29.2 Å². The molecule has 1 aliphatic carbocycles. The molecule has 1 heterocycles. The van der Waals surface area contributed by atoms with Crippen LogP contribution in [0.15, 0.2) is 23.8 Å². The lowest BCUT2D eigenvalue weighted by molar-refractivity contribution is -0.261. The number of rotatable bonds is 8. The van der Waals surface area contributed by atoms with Crippen LogP contribution in [0.5, 0.6) is 0 Å². The monoisotopic (exact) mass is 314 g/mol. The van der Waals surface area contributed by atoms with Gasteiger partial charge in [0.2, 0.25) is 0 Å². The largest absolute Gasteiger partial charge is 0.394 e. The number of aliphatic hydroxyl groups excluding tert-OH is 1. The Morgan fingerprint density at radius 3 is 2.91 bits per heavy atom. The summed E-state index contributed by atoms with van der Waals surface area (Å²) in [7, 11) is 0. The van der Waals surface area contributed by atoms with Crippen molar-refractivity contribution in [1.29, 1.82) is 0 Å². The van der Waals surface area contributed by atoms with E-state index < -0.39 is 18.4 Å². The summed E-state index contributed by atoms with van der Waals surface area (Å²) in [6, 6.07) is 0. The van der Waals surface area contributed by atoms with E-state index in [4.69, 9.17) is 24.1 Å². The van der Waals surface area contributed by atoms with Gasteiger partial charge in [-0.25, -0.2) is 0 Å². The van der Waals surface area contributed by atoms with Gasteiger partial charge in [0, 0.05) is 6.42 Å². The highest BCUT2D eigenvalue weighted by atomic mass is 16.8. The Balaban J connectivity index is 1.88. The third kappa shape index (κ3) is 5.79. The van der Waals surface area contributed by atoms with Gasteiger partial charge < -0.3 is 29.2 Å². The Morgan fingerprint density at radius 1 is 1.45 bits per heavy atom. The van der Waals surface area contributed by atoms with E-state index in [1.165, 1.54) is 0 Å². The van der Waals surface area contributed by atoms with Crippen LogP contribution in [-0.4, -0.2) is 54.5 Å². The third-order valence-electron chi connectivity index (χ3n) is 3.37. The van der Waals surface area contributed by atoms with E-state index in [1.807, 2.05) is 12.2 Å². The molecule has 126 valence electrons. The van der Waals surface area contributed by atoms with Gasteiger partial charge in [0.25, 0.3) is 0 Å². The maximum atomic E-state index is 9.65. The predicted molar refractivity (Wildman–Crippen MR) is 79.9 cm³/mol. The normalized spacial score (nSPS) is 27.0. The van der Waals surface area contributed by atoms with Crippen LogP contribution in [0, 0.1) is 0 Å². The van der Waals surface area contributed by atoms with E-state index in [0.29, 0.717) is 13.0 Å². The molecule has 6 heteroatoms. The fraction of sp³-hybridized carbons (Fsp3) is 0.750. The molecule has 2 unspecified atom stereocenters. The summed E-state index contributed by atoms with van der Waals surface area (Å²) in [5.41, 5.74) is 1.06. The molecule has 0 saturated carbocycles. The summed E-state index contributed by atoms with van der Waals surface area (Å²) in [6.45, 7) is 3.70. The minimum Gasteiger partial charge on any atom is -0.394 e. The standard InChI is InChI=1S/C16H26O6/c1-16(2,18)22-14-10-13(11-20-14)21-15(19-9-8-17)12-6-4-3-5-7-12/h3-4,6,13-15,17-18H,5,7-11H2,1-2H3/t13?,14-,15?/m1/s1. The Kier molecular flexibility index (Phi) is 6.55. The van der Waals surface area contributed by atoms with Gasteiger partial charge in [0.15, 0.2) is 18.4 Å². The minimum atomic E-state index is -1.23. The van der Waals surface area contributed by atoms with E-state index in [1.54, 1.807) is 13.8 Å². The van der Waals surface area contributed by atoms with Crippen molar-refractivity contribution in [3.05, 3.63) is 23.8 Å². The van der Waals surface area contributed by atoms with Gasteiger partial charge in [-0.3, -0.25) is 0 Å². The van der Waals surface area contributed by atoms with Crippen LogP contribution in [0.1, 0.15) is 33.1 Å². The van der Waals surface area contributed by atoms with Crippen LogP contribution < -0.4 is 0 Å². The van der Waals surface area contributed by atoms with Gasteiger partial charge in [-0.1, -0.05) is 18.2 Å². The van der Waals surface area contributed by atoms with Crippen LogP contribution in [0.4, 0.5) is 0 Å². The molecule has 0 aromatic carbocycles. The zero-order valence-corrected chi connectivity index (χ0v) is 13.2. The second kappa shape index (κ2) is 8.19. The average Bonchev–Trinajstić information content (AvgIpc) is 2.89. The Hall–Kier alpha value is -0.760. The van der Waals surface area contributed by atoms with Crippen molar-refractivity contribution in [2.24, 2.45) is 0 Å². The molecule has 3 atom stereocenters. The SMILES string of the molecule is CC(C)(O)O[C@@H]1CC(OC(OCCO)C2=CC=CCC2)CO1. The lowest BCUT2D eigenvalue weighted by atomic mass is 10.0. The lowest BCUT2D eigenvalue weighted by Gasteiger charge is -2.25. The van der Waals surface area contributed by atoms with E-state index in [-0.39, 0.29) is 19.3 Å². The van der Waals surface area contributed by atoms with E-state index in [9.17, 15) is 5.11 Å². The van der Waals surface area contributed by atoms with Gasteiger partial charge in [0.05, 0.1) is 25.9 Å². The quantitative estimate of drug-likeness (QED) is 0.661. The topological polar surface area (TPSA) is 77.4 Å². The van der Waals surface area contributed by atoms with Crippen LogP contribution in [-0.2, 0) is 18.9 Å². The van der Waals surface area contributed by atoms with E-state index in [0.717, 1.165) is 18.4 Å². The molecule has 0 aromatic rings. The van der Waals surface area contributed by atoms with Crippen LogP contribution in [0.2, 0.25) is 0 Å². The fourth-order valence-corrected chi connectivity index (χ4v) is 2.45. The van der Waals surface area contributed by atoms with Gasteiger partial charge in [0.1, 0.15) is 0 Å². The maximum absolute atomic E-state index is 9.65. The predicted octanol–water partition coefficient (Wildman–Crippen LogP) is 1.47. The minimum absolute atomic E-state index is 0.0470. The molecule has 0 aromatic heterocycles. The Morgan fingerprint density at radius 2 is 2.27 bits per heavy atom. The summed E-state index contributed by atoms with van der Waals surface area (Å²) in [4.78, 5) is 0. The molecule has 0 amide bonds. The van der Waals surface area contributed by atoms with Crippen molar-refractivity contribution in [3.63, 3.8) is 0 Å². The first-order valence-electron chi connectivity index (χ1n) is 7.73. The molecule has 1 fully saturated rings. The summed E-state index contributed by atoms with van der Waals surface area (Å²) < 4.78 is 22.5. The Labute approximate surface area is 131 Å². The van der Waals surface area contributed by atoms with Crippen molar-refractivity contribution in [2.45, 2.75) is 57.6 Å². The van der Waals surface area contributed by atoms with Gasteiger partial charge in [-0.05, 0) is 32.3 Å². The van der Waals surface area contributed by atoms with Crippen molar-refractivity contribution in [2.75, 3.05) is 19.8 Å². The fourth-order valence-electron chi connectivity index (χ4n) is 2.45. The number of aliphatic hydroxyl groups is 2. The van der Waals surface area contributed by atoms with Crippen molar-refractivity contribution >= 4 is 0 Å². The molecule has 0 radical (unpaired) electrons. The molecule has 1 aliphatic heterocycles. The van der Waals surface area contributed by atoms with Crippen LogP contribution >= 0.6 is 0 Å². The van der Waals surface area contributed by atoms with Crippen molar-refractivity contribution in [1.82, 2.24) is 0 Å². The molecule has 0 spiro atoms. The summed E-state index contributed by atoms with van der Waals surface area (Å²) in [6.07, 6.45) is 7.32. The molecule has 2 rings (SSSR count). The van der Waals surface area contributed by atoms with Gasteiger partial charge in [-0.2, -0.15) is 0 Å². The number of hydrogen-bond acceptors (Lipinski definition) is 6. The van der Waals surface area contributed by atoms with Crippen LogP contribution in [0.3, 0.4) is 0 Å². The lowest BCUT2D eigenvalue weighted by Crippen LogP contribution is -2.31. The number of hydrogen-bond donors (Lipinski definition) is 2. The van der Waals surface area contributed by atoms with E-state index in [2.05, 4.69) is 6.08 Å². The van der Waals surface area contributed by atoms with Gasteiger partial charge >= 0.3 is 0 Å². The number of allylic oxidation sites excluding steroid dienone is 3. The summed E-state index contributed by atoms with van der Waals surface area (Å²) in [5.74, 6) is -1.23. The molecule has 2 aliphatic rings. The second-order valence-corrected chi connectivity index (χ2v) is 5.96. The van der Waals surface area contributed by atoms with Crippen molar-refractivity contribution in [3.8, 4) is 0 Å². The third-order valence-corrected chi connectivity index (χ3v) is 3.37. The highest BCUT2D eigenvalue weighted by Gasteiger charge is 2.33. The van der Waals surface area contributed by atoms with Crippen LogP contribution in [0.25, 0.3) is 0 Å². The number of ether oxygens (including phenoxy) is 4. The first kappa shape index (κ1) is 17.6. The highest BCUT2D eigenvalue weighted by Crippen LogP contribution is 2.26. The smallest absolute Gasteiger partial charge is 0.180 e. The molecule has 1 saturated heterocycles. The van der Waals surface area contributed by atoms with E-state index >= 15 is 0 Å². The summed E-state index contributed by atoms with van der Waals surface area (Å²) >= 11 is 0. The zero-order valence-electron chi connectivity index (χ0n) is 13.2. The average molecular weight is 314 g/mol. The summed E-state index contributed by atoms with van der Waals surface area (Å²) in [5, 5.41) is 18.6. The molecule has 2 N–H and O–H groups in total. The second-order valence-electron chi connectivity index (χ2n) is 5.96. The molecular weight excluding hydrogens is 288 g/mol.